The molecule has 3 nitrogen and oxygen atoms in total. The highest BCUT2D eigenvalue weighted by molar-refractivity contribution is 6.36. The number of carbonyl (C=O) groups excluding carboxylic acids is 1. The number of rotatable bonds is 4. The average Bonchev–Trinajstić information content (AvgIpc) is 3.20. The zero-order valence-electron chi connectivity index (χ0n) is 18.4. The Hall–Kier alpha value is -1.97. The maximum atomic E-state index is 13.5. The second-order valence-electron chi connectivity index (χ2n) is 8.80. The molecule has 1 aliphatic heterocycles. The molecule has 0 spiro atoms. The summed E-state index contributed by atoms with van der Waals surface area (Å²) in [5.74, 6) is -0.958. The fraction of sp³-hybridized carbons (Fsp3) is 0.435. The maximum Gasteiger partial charge on any atom is 0.416 e. The monoisotopic (exact) mass is 526 g/mol. The number of amides is 1. The van der Waals surface area contributed by atoms with Crippen LogP contribution in [0.15, 0.2) is 36.4 Å². The molecule has 1 aliphatic rings. The van der Waals surface area contributed by atoms with E-state index in [1.54, 1.807) is 18.2 Å². The minimum absolute atomic E-state index is 0.0457. The summed E-state index contributed by atoms with van der Waals surface area (Å²) in [5.41, 5.74) is -4.39. The van der Waals surface area contributed by atoms with Gasteiger partial charge in [0.2, 0.25) is 5.91 Å². The first-order chi connectivity index (χ1) is 15.5. The zero-order chi connectivity index (χ0) is 25.6. The van der Waals surface area contributed by atoms with Crippen LogP contribution in [0.5, 0.6) is 0 Å². The lowest BCUT2D eigenvalue weighted by atomic mass is 9.80. The molecule has 0 saturated carbocycles. The molecule has 1 saturated heterocycles. The third kappa shape index (κ3) is 5.16. The smallest absolute Gasteiger partial charge is 0.340 e. The van der Waals surface area contributed by atoms with E-state index in [1.165, 1.54) is 25.8 Å². The first-order valence-corrected chi connectivity index (χ1v) is 11.0. The molecular weight excluding hydrogens is 505 g/mol. The van der Waals surface area contributed by atoms with Gasteiger partial charge in [0.15, 0.2) is 0 Å². The van der Waals surface area contributed by atoms with Gasteiger partial charge in [0, 0.05) is 36.1 Å². The van der Waals surface area contributed by atoms with Gasteiger partial charge in [0.1, 0.15) is 0 Å². The first kappa shape index (κ1) is 26.6. The molecule has 0 radical (unpaired) electrons. The van der Waals surface area contributed by atoms with Crippen LogP contribution in [-0.4, -0.2) is 37.0 Å². The van der Waals surface area contributed by atoms with Crippen molar-refractivity contribution in [2.75, 3.05) is 20.1 Å². The van der Waals surface area contributed by atoms with Gasteiger partial charge in [-0.25, -0.2) is 0 Å². The topological polar surface area (TPSA) is 32.3 Å². The predicted octanol–water partition coefficient (Wildman–Crippen LogP) is 6.52. The second kappa shape index (κ2) is 9.24. The molecule has 3 rings (SSSR count). The summed E-state index contributed by atoms with van der Waals surface area (Å²) >= 11 is 12.7. The summed E-state index contributed by atoms with van der Waals surface area (Å²) in [5, 5.41) is 3.96. The van der Waals surface area contributed by atoms with Gasteiger partial charge in [0.05, 0.1) is 22.6 Å². The third-order valence-electron chi connectivity index (χ3n) is 6.21. The Labute approximate surface area is 203 Å². The maximum absolute atomic E-state index is 13.5. The normalized spacial score (nSPS) is 19.4. The van der Waals surface area contributed by atoms with Gasteiger partial charge in [-0.1, -0.05) is 29.3 Å². The third-order valence-corrected chi connectivity index (χ3v) is 6.87. The highest BCUT2D eigenvalue weighted by atomic mass is 35.5. The number of nitrogens with one attached hydrogen (secondary N) is 1. The van der Waals surface area contributed by atoms with E-state index in [0.29, 0.717) is 40.8 Å². The molecule has 2 unspecified atom stereocenters. The highest BCUT2D eigenvalue weighted by Gasteiger charge is 2.43. The SMILES string of the molecule is CN(C(=O)C(C)(C)c1cc(C(F)(F)F)cc(C(F)(F)F)c1)C1CNCC1c1c(Cl)cccc1Cl. The van der Waals surface area contributed by atoms with Gasteiger partial charge < -0.3 is 10.2 Å². The molecular formula is C23H22Cl2F6N2O. The minimum atomic E-state index is -5.01. The van der Waals surface area contributed by atoms with Crippen molar-refractivity contribution in [3.05, 3.63) is 68.7 Å². The minimum Gasteiger partial charge on any atom is -0.340 e. The number of hydrogen-bond acceptors (Lipinski definition) is 2. The van der Waals surface area contributed by atoms with Gasteiger partial charge in [-0.2, -0.15) is 26.3 Å². The lowest BCUT2D eigenvalue weighted by Gasteiger charge is -2.36. The number of hydrogen-bond donors (Lipinski definition) is 1. The Kier molecular flexibility index (Phi) is 7.24. The Bertz CT molecular complexity index is 1030. The van der Waals surface area contributed by atoms with E-state index in [1.807, 2.05) is 0 Å². The molecule has 0 bridgehead atoms. The molecule has 2 aromatic rings. The Morgan fingerprint density at radius 3 is 1.85 bits per heavy atom. The second-order valence-corrected chi connectivity index (χ2v) is 9.62. The van der Waals surface area contributed by atoms with Crippen LogP contribution < -0.4 is 5.32 Å². The molecule has 1 amide bonds. The summed E-state index contributed by atoms with van der Waals surface area (Å²) in [4.78, 5) is 14.8. The summed E-state index contributed by atoms with van der Waals surface area (Å²) in [6, 6.07) is 5.75. The number of likely N-dealkylation sites (N-methyl/N-ethyl adjacent to an activating group) is 1. The molecule has 2 aromatic carbocycles. The van der Waals surface area contributed by atoms with Crippen molar-refractivity contribution in [3.8, 4) is 0 Å². The van der Waals surface area contributed by atoms with Crippen LogP contribution in [-0.2, 0) is 22.6 Å². The van der Waals surface area contributed by atoms with E-state index in [9.17, 15) is 31.1 Å². The number of alkyl halides is 6. The van der Waals surface area contributed by atoms with E-state index in [0.717, 1.165) is 0 Å². The summed E-state index contributed by atoms with van der Waals surface area (Å²) in [6.45, 7) is 3.40. The van der Waals surface area contributed by atoms with Crippen LogP contribution in [0.2, 0.25) is 10.0 Å². The van der Waals surface area contributed by atoms with E-state index in [2.05, 4.69) is 5.32 Å². The van der Waals surface area contributed by atoms with Gasteiger partial charge in [-0.05, 0) is 55.3 Å². The van der Waals surface area contributed by atoms with Crippen molar-refractivity contribution in [2.45, 2.75) is 43.6 Å². The van der Waals surface area contributed by atoms with Crippen molar-refractivity contribution in [1.29, 1.82) is 0 Å². The molecule has 11 heteroatoms. The molecule has 1 heterocycles. The predicted molar refractivity (Wildman–Crippen MR) is 118 cm³/mol. The van der Waals surface area contributed by atoms with E-state index in [4.69, 9.17) is 23.2 Å². The van der Waals surface area contributed by atoms with Crippen molar-refractivity contribution in [2.24, 2.45) is 0 Å². The Morgan fingerprint density at radius 1 is 0.912 bits per heavy atom. The van der Waals surface area contributed by atoms with E-state index >= 15 is 0 Å². The Morgan fingerprint density at radius 2 is 1.38 bits per heavy atom. The molecule has 186 valence electrons. The molecule has 0 aliphatic carbocycles. The Balaban J connectivity index is 2.00. The van der Waals surface area contributed by atoms with Gasteiger partial charge in [-0.3, -0.25) is 4.79 Å². The van der Waals surface area contributed by atoms with E-state index < -0.39 is 40.8 Å². The van der Waals surface area contributed by atoms with Crippen molar-refractivity contribution < 1.29 is 31.1 Å². The molecule has 0 aromatic heterocycles. The number of carbonyl (C=O) groups is 1. The van der Waals surface area contributed by atoms with Crippen LogP contribution in [0.25, 0.3) is 0 Å². The molecule has 2 atom stereocenters. The molecule has 34 heavy (non-hydrogen) atoms. The zero-order valence-corrected chi connectivity index (χ0v) is 19.9. The summed E-state index contributed by atoms with van der Waals surface area (Å²) in [7, 11) is 1.47. The van der Waals surface area contributed by atoms with Gasteiger partial charge in [-0.15, -0.1) is 0 Å². The largest absolute Gasteiger partial charge is 0.416 e. The van der Waals surface area contributed by atoms with Gasteiger partial charge in [0.25, 0.3) is 0 Å². The standard InChI is InChI=1S/C23H22Cl2F6N2O/c1-21(2,12-7-13(22(26,27)28)9-14(8-12)23(29,30)31)20(34)33(3)18-11-32-10-15(18)19-16(24)5-4-6-17(19)25/h4-9,15,18,32H,10-11H2,1-3H3. The average molecular weight is 527 g/mol. The molecule has 1 fully saturated rings. The van der Waals surface area contributed by atoms with E-state index in [-0.39, 0.29) is 17.5 Å². The number of benzene rings is 2. The quantitative estimate of drug-likeness (QED) is 0.460. The van der Waals surface area contributed by atoms with Crippen LogP contribution in [0.1, 0.15) is 42.0 Å². The van der Waals surface area contributed by atoms with Crippen molar-refractivity contribution in [3.63, 3.8) is 0 Å². The van der Waals surface area contributed by atoms with Crippen molar-refractivity contribution in [1.82, 2.24) is 10.2 Å². The van der Waals surface area contributed by atoms with Crippen LogP contribution in [0, 0.1) is 0 Å². The lowest BCUT2D eigenvalue weighted by molar-refractivity contribution is -0.144. The summed E-state index contributed by atoms with van der Waals surface area (Å²) in [6.07, 6.45) is -10.0. The summed E-state index contributed by atoms with van der Waals surface area (Å²) < 4.78 is 80.1. The van der Waals surface area contributed by atoms with Crippen LogP contribution in [0.3, 0.4) is 0 Å². The number of nitrogens with zero attached hydrogens (tertiary/aromatic N) is 1. The fourth-order valence-electron chi connectivity index (χ4n) is 4.26. The fourth-order valence-corrected chi connectivity index (χ4v) is 4.94. The van der Waals surface area contributed by atoms with Crippen LogP contribution in [0.4, 0.5) is 26.3 Å². The van der Waals surface area contributed by atoms with Crippen molar-refractivity contribution >= 4 is 29.1 Å². The highest BCUT2D eigenvalue weighted by Crippen LogP contribution is 2.41. The van der Waals surface area contributed by atoms with Gasteiger partial charge >= 0.3 is 12.4 Å². The number of halogens is 8. The molecule has 1 N–H and O–H groups in total. The van der Waals surface area contributed by atoms with Crippen LogP contribution >= 0.6 is 23.2 Å². The lowest BCUT2D eigenvalue weighted by Crippen LogP contribution is -2.49. The first-order valence-electron chi connectivity index (χ1n) is 10.3.